The van der Waals surface area contributed by atoms with Crippen LogP contribution in [0.4, 0.5) is 5.13 Å². The summed E-state index contributed by atoms with van der Waals surface area (Å²) in [7, 11) is 0. The van der Waals surface area contributed by atoms with Gasteiger partial charge in [0.05, 0.1) is 15.9 Å². The highest BCUT2D eigenvalue weighted by Crippen LogP contribution is 2.30. The van der Waals surface area contributed by atoms with Crippen LogP contribution in [0.25, 0.3) is 21.5 Å². The summed E-state index contributed by atoms with van der Waals surface area (Å²) in [5, 5.41) is 20.7. The predicted molar refractivity (Wildman–Crippen MR) is 103 cm³/mol. The number of nitrogens with one attached hydrogen (secondary N) is 2. The van der Waals surface area contributed by atoms with E-state index in [-0.39, 0.29) is 17.4 Å². The van der Waals surface area contributed by atoms with Crippen LogP contribution in [-0.4, -0.2) is 26.2 Å². The maximum atomic E-state index is 12.5. The maximum Gasteiger partial charge on any atom is 0.275 e. The molecule has 4 rings (SSSR count). The number of anilines is 1. The van der Waals surface area contributed by atoms with Crippen LogP contribution in [0.2, 0.25) is 5.02 Å². The average molecular weight is 385 g/mol. The van der Waals surface area contributed by atoms with Crippen molar-refractivity contribution in [2.45, 2.75) is 6.92 Å². The summed E-state index contributed by atoms with van der Waals surface area (Å²) in [6.07, 6.45) is 0. The Hall–Kier alpha value is -2.90. The number of fused-ring (bicyclic) bond motifs is 1. The molecule has 0 atom stereocenters. The van der Waals surface area contributed by atoms with E-state index in [9.17, 15) is 9.90 Å². The first-order valence-electron chi connectivity index (χ1n) is 7.72. The molecular formula is C18H13ClN4O2S. The molecule has 6 nitrogen and oxygen atoms in total. The zero-order chi connectivity index (χ0) is 18.3. The molecule has 130 valence electrons. The normalized spacial score (nSPS) is 11.0. The number of aryl methyl sites for hydroxylation is 1. The Labute approximate surface area is 157 Å². The number of phenolic OH excluding ortho intramolecular Hbond substituents is 1. The van der Waals surface area contributed by atoms with Gasteiger partial charge in [0.2, 0.25) is 0 Å². The van der Waals surface area contributed by atoms with Crippen LogP contribution in [0.1, 0.15) is 16.1 Å². The Balaban J connectivity index is 1.58. The van der Waals surface area contributed by atoms with E-state index in [4.69, 9.17) is 11.6 Å². The second kappa shape index (κ2) is 6.44. The van der Waals surface area contributed by atoms with Gasteiger partial charge in [-0.05, 0) is 43.3 Å². The van der Waals surface area contributed by atoms with Gasteiger partial charge in [-0.3, -0.25) is 15.2 Å². The number of aromatic hydroxyl groups is 1. The number of H-pyrrole nitrogens is 1. The number of aromatic nitrogens is 3. The van der Waals surface area contributed by atoms with E-state index in [0.717, 1.165) is 15.8 Å². The molecule has 0 aliphatic heterocycles. The van der Waals surface area contributed by atoms with Gasteiger partial charge in [0.1, 0.15) is 11.4 Å². The minimum Gasteiger partial charge on any atom is -0.507 e. The third-order valence-electron chi connectivity index (χ3n) is 3.82. The molecule has 0 radical (unpaired) electrons. The molecule has 1 amide bonds. The van der Waals surface area contributed by atoms with E-state index >= 15 is 0 Å². The molecule has 8 heteroatoms. The minimum atomic E-state index is -0.360. The van der Waals surface area contributed by atoms with Gasteiger partial charge in [-0.15, -0.1) is 0 Å². The molecule has 2 aromatic heterocycles. The van der Waals surface area contributed by atoms with E-state index < -0.39 is 0 Å². The first kappa shape index (κ1) is 16.6. The number of carbonyl (C=O) groups excluding carboxylic acids is 1. The summed E-state index contributed by atoms with van der Waals surface area (Å²) < 4.78 is 0.891. The van der Waals surface area contributed by atoms with Crippen LogP contribution in [0.5, 0.6) is 5.75 Å². The molecule has 0 aliphatic carbocycles. The molecular weight excluding hydrogens is 372 g/mol. The first-order valence-corrected chi connectivity index (χ1v) is 8.92. The van der Waals surface area contributed by atoms with Crippen molar-refractivity contribution in [3.8, 4) is 17.0 Å². The lowest BCUT2D eigenvalue weighted by atomic mass is 10.1. The van der Waals surface area contributed by atoms with Crippen molar-refractivity contribution in [2.75, 3.05) is 5.32 Å². The van der Waals surface area contributed by atoms with Gasteiger partial charge >= 0.3 is 0 Å². The second-order valence-electron chi connectivity index (χ2n) is 5.77. The van der Waals surface area contributed by atoms with E-state index in [1.807, 2.05) is 13.0 Å². The van der Waals surface area contributed by atoms with E-state index in [0.29, 0.717) is 21.4 Å². The number of benzene rings is 2. The van der Waals surface area contributed by atoms with Crippen molar-refractivity contribution >= 4 is 44.2 Å². The molecule has 4 aromatic rings. The van der Waals surface area contributed by atoms with Crippen LogP contribution < -0.4 is 5.32 Å². The Bertz CT molecular complexity index is 1140. The first-order chi connectivity index (χ1) is 12.5. The Morgan fingerprint density at radius 3 is 2.92 bits per heavy atom. The van der Waals surface area contributed by atoms with Crippen LogP contribution in [0.3, 0.4) is 0 Å². The van der Waals surface area contributed by atoms with E-state index in [2.05, 4.69) is 20.5 Å². The third-order valence-corrected chi connectivity index (χ3v) is 4.99. The predicted octanol–water partition coefficient (Wildman–Crippen LogP) is 4.61. The van der Waals surface area contributed by atoms with Crippen LogP contribution in [-0.2, 0) is 0 Å². The Morgan fingerprint density at radius 1 is 1.23 bits per heavy atom. The molecule has 3 N–H and O–H groups in total. The summed E-state index contributed by atoms with van der Waals surface area (Å²) in [4.78, 5) is 16.8. The van der Waals surface area contributed by atoms with Gasteiger partial charge < -0.3 is 5.11 Å². The number of amides is 1. The molecule has 0 bridgehead atoms. The number of hydrogen-bond acceptors (Lipinski definition) is 5. The zero-order valence-corrected chi connectivity index (χ0v) is 15.1. The number of phenols is 1. The quantitative estimate of drug-likeness (QED) is 0.481. The lowest BCUT2D eigenvalue weighted by Crippen LogP contribution is -2.11. The largest absolute Gasteiger partial charge is 0.507 e. The fraction of sp³-hybridized carbons (Fsp3) is 0.0556. The topological polar surface area (TPSA) is 90.9 Å². The molecule has 0 spiro atoms. The summed E-state index contributed by atoms with van der Waals surface area (Å²) in [5.41, 5.74) is 3.09. The Morgan fingerprint density at radius 2 is 2.08 bits per heavy atom. The highest BCUT2D eigenvalue weighted by molar-refractivity contribution is 7.22. The number of carbonyl (C=O) groups is 1. The minimum absolute atomic E-state index is 0.108. The van der Waals surface area contributed by atoms with Gasteiger partial charge in [-0.2, -0.15) is 5.10 Å². The van der Waals surface area contributed by atoms with Gasteiger partial charge in [0, 0.05) is 10.6 Å². The molecule has 0 aliphatic rings. The zero-order valence-electron chi connectivity index (χ0n) is 13.6. The highest BCUT2D eigenvalue weighted by Gasteiger charge is 2.15. The summed E-state index contributed by atoms with van der Waals surface area (Å²) in [6, 6.07) is 12.2. The number of halogens is 1. The highest BCUT2D eigenvalue weighted by atomic mass is 35.5. The molecule has 0 saturated carbocycles. The Kier molecular flexibility index (Phi) is 4.10. The van der Waals surface area contributed by atoms with Gasteiger partial charge in [0.25, 0.3) is 5.91 Å². The van der Waals surface area contributed by atoms with Gasteiger partial charge in [-0.1, -0.05) is 34.6 Å². The molecule has 26 heavy (non-hydrogen) atoms. The standard InChI is InChI=1S/C18H13ClN4O2S/c1-9-2-5-15(24)11(6-9)13-8-14(23-22-13)17(25)21-18-20-12-4-3-10(19)7-16(12)26-18/h2-8,24H,1H3,(H,22,23)(H,20,21,25). The van der Waals surface area contributed by atoms with Crippen LogP contribution in [0.15, 0.2) is 42.5 Å². The van der Waals surface area contributed by atoms with Gasteiger partial charge in [0.15, 0.2) is 5.13 Å². The molecule has 0 saturated heterocycles. The van der Waals surface area contributed by atoms with Crippen molar-refractivity contribution in [3.05, 3.63) is 58.7 Å². The number of hydrogen-bond donors (Lipinski definition) is 3. The van der Waals surface area contributed by atoms with Crippen molar-refractivity contribution in [3.63, 3.8) is 0 Å². The number of thiazole rings is 1. The SMILES string of the molecule is Cc1ccc(O)c(-c2cc(C(=O)Nc3nc4ccc(Cl)cc4s3)[nH]n2)c1. The number of rotatable bonds is 3. The maximum absolute atomic E-state index is 12.5. The van der Waals surface area contributed by atoms with Crippen LogP contribution >= 0.6 is 22.9 Å². The lowest BCUT2D eigenvalue weighted by molar-refractivity contribution is 0.102. The molecule has 2 heterocycles. The summed E-state index contributed by atoms with van der Waals surface area (Å²) in [5.74, 6) is -0.252. The van der Waals surface area contributed by atoms with E-state index in [1.54, 1.807) is 36.4 Å². The lowest BCUT2D eigenvalue weighted by Gasteiger charge is -2.01. The van der Waals surface area contributed by atoms with Crippen molar-refractivity contribution in [2.24, 2.45) is 0 Å². The molecule has 0 fully saturated rings. The summed E-state index contributed by atoms with van der Waals surface area (Å²) >= 11 is 7.31. The monoisotopic (exact) mass is 384 g/mol. The second-order valence-corrected chi connectivity index (χ2v) is 7.24. The van der Waals surface area contributed by atoms with Crippen molar-refractivity contribution < 1.29 is 9.90 Å². The summed E-state index contributed by atoms with van der Waals surface area (Å²) in [6.45, 7) is 1.92. The third kappa shape index (κ3) is 3.14. The van der Waals surface area contributed by atoms with Crippen LogP contribution in [0, 0.1) is 6.92 Å². The van der Waals surface area contributed by atoms with Crippen molar-refractivity contribution in [1.29, 1.82) is 0 Å². The smallest absolute Gasteiger partial charge is 0.275 e. The number of nitrogens with zero attached hydrogens (tertiary/aromatic N) is 2. The number of aromatic amines is 1. The van der Waals surface area contributed by atoms with E-state index in [1.165, 1.54) is 11.3 Å². The fourth-order valence-corrected chi connectivity index (χ4v) is 3.68. The fourth-order valence-electron chi connectivity index (χ4n) is 2.55. The molecule has 2 aromatic carbocycles. The van der Waals surface area contributed by atoms with Crippen molar-refractivity contribution in [1.82, 2.24) is 15.2 Å². The molecule has 0 unspecified atom stereocenters. The average Bonchev–Trinajstić information content (AvgIpc) is 3.23. The van der Waals surface area contributed by atoms with Gasteiger partial charge in [-0.25, -0.2) is 4.98 Å².